The zero-order valence-corrected chi connectivity index (χ0v) is 12.5. The molecule has 1 amide bonds. The number of hydrogen-bond donors (Lipinski definition) is 1. The summed E-state index contributed by atoms with van der Waals surface area (Å²) in [7, 11) is 1.82. The largest absolute Gasteiger partial charge is 0.342 e. The smallest absolute Gasteiger partial charge is 0.242 e. The summed E-state index contributed by atoms with van der Waals surface area (Å²) in [5.74, 6) is 1.38. The second-order valence-corrected chi connectivity index (χ2v) is 5.65. The van der Waals surface area contributed by atoms with Crippen molar-refractivity contribution in [3.05, 3.63) is 18.0 Å². The minimum absolute atomic E-state index is 0.113. The van der Waals surface area contributed by atoms with E-state index in [2.05, 4.69) is 29.1 Å². The van der Waals surface area contributed by atoms with E-state index in [1.807, 2.05) is 24.3 Å². The maximum absolute atomic E-state index is 11.7. The van der Waals surface area contributed by atoms with E-state index in [-0.39, 0.29) is 5.91 Å². The highest BCUT2D eigenvalue weighted by Gasteiger charge is 2.22. The number of nitrogens with one attached hydrogen (secondary N) is 1. The number of rotatable bonds is 5. The average molecular weight is 277 g/mol. The van der Waals surface area contributed by atoms with E-state index in [9.17, 15) is 4.79 Å². The van der Waals surface area contributed by atoms with Gasteiger partial charge in [0.15, 0.2) is 0 Å². The van der Waals surface area contributed by atoms with Crippen molar-refractivity contribution in [3.8, 4) is 0 Å². The van der Waals surface area contributed by atoms with Crippen LogP contribution in [0.1, 0.15) is 19.4 Å². The van der Waals surface area contributed by atoms with Crippen LogP contribution in [-0.2, 0) is 11.3 Å². The molecule has 0 spiro atoms. The molecule has 1 aromatic rings. The average Bonchev–Trinajstić information content (AvgIpc) is 2.42. The Morgan fingerprint density at radius 2 is 2.00 bits per heavy atom. The van der Waals surface area contributed by atoms with Crippen LogP contribution in [0, 0.1) is 5.92 Å². The molecule has 0 radical (unpaired) electrons. The Kier molecular flexibility index (Phi) is 4.89. The highest BCUT2D eigenvalue weighted by Crippen LogP contribution is 2.10. The first-order valence-corrected chi connectivity index (χ1v) is 7.07. The predicted octanol–water partition coefficient (Wildman–Crippen LogP) is 0.501. The van der Waals surface area contributed by atoms with Crippen molar-refractivity contribution < 1.29 is 4.79 Å². The van der Waals surface area contributed by atoms with Crippen molar-refractivity contribution in [2.45, 2.75) is 20.4 Å². The number of amides is 1. The Morgan fingerprint density at radius 3 is 2.60 bits per heavy atom. The summed E-state index contributed by atoms with van der Waals surface area (Å²) in [5.41, 5.74) is 1.06. The lowest BCUT2D eigenvalue weighted by molar-refractivity contribution is -0.129. The Morgan fingerprint density at radius 1 is 1.30 bits per heavy atom. The summed E-state index contributed by atoms with van der Waals surface area (Å²) in [6.45, 7) is 7.98. The number of likely N-dealkylation sites (N-methyl/N-ethyl adjacent to an activating group) is 1. The Balaban J connectivity index is 1.89. The van der Waals surface area contributed by atoms with Crippen LogP contribution < -0.4 is 10.2 Å². The molecule has 1 saturated heterocycles. The molecule has 1 N–H and O–H groups in total. The fraction of sp³-hybridized carbons (Fsp3) is 0.643. The number of hydrogen-bond acceptors (Lipinski definition) is 5. The highest BCUT2D eigenvalue weighted by atomic mass is 16.2. The number of carbonyl (C=O) groups excluding carboxylic acids is 1. The van der Waals surface area contributed by atoms with Crippen LogP contribution in [0.15, 0.2) is 12.4 Å². The van der Waals surface area contributed by atoms with E-state index < -0.39 is 0 Å². The molecule has 0 aromatic carbocycles. The van der Waals surface area contributed by atoms with Gasteiger partial charge in [-0.25, -0.2) is 9.97 Å². The summed E-state index contributed by atoms with van der Waals surface area (Å²) >= 11 is 0. The molecular formula is C14H23N5O. The highest BCUT2D eigenvalue weighted by molar-refractivity contribution is 5.81. The van der Waals surface area contributed by atoms with Crippen molar-refractivity contribution in [1.82, 2.24) is 20.2 Å². The quantitative estimate of drug-likeness (QED) is 0.849. The lowest BCUT2D eigenvalue weighted by atomic mass is 10.2. The van der Waals surface area contributed by atoms with E-state index >= 15 is 0 Å². The fourth-order valence-corrected chi connectivity index (χ4v) is 2.04. The fourth-order valence-electron chi connectivity index (χ4n) is 2.04. The van der Waals surface area contributed by atoms with Gasteiger partial charge in [0, 0.05) is 44.6 Å². The normalized spacial score (nSPS) is 16.1. The lowest BCUT2D eigenvalue weighted by Gasteiger charge is -2.31. The van der Waals surface area contributed by atoms with Crippen LogP contribution >= 0.6 is 0 Å². The topological polar surface area (TPSA) is 61.4 Å². The van der Waals surface area contributed by atoms with Gasteiger partial charge in [-0.2, -0.15) is 0 Å². The van der Waals surface area contributed by atoms with Crippen LogP contribution in [0.3, 0.4) is 0 Å². The predicted molar refractivity (Wildman–Crippen MR) is 78.4 cm³/mol. The minimum Gasteiger partial charge on any atom is -0.342 e. The maximum atomic E-state index is 11.7. The molecule has 1 aromatic heterocycles. The molecule has 110 valence electrons. The number of piperazine rings is 1. The minimum atomic E-state index is 0.113. The van der Waals surface area contributed by atoms with E-state index in [0.29, 0.717) is 18.4 Å². The number of nitrogens with zero attached hydrogens (tertiary/aromatic N) is 4. The lowest BCUT2D eigenvalue weighted by Crippen LogP contribution is -2.49. The van der Waals surface area contributed by atoms with Crippen molar-refractivity contribution in [3.63, 3.8) is 0 Å². The zero-order valence-electron chi connectivity index (χ0n) is 12.5. The number of carbonyl (C=O) groups is 1. The van der Waals surface area contributed by atoms with Crippen LogP contribution in [0.25, 0.3) is 0 Å². The zero-order chi connectivity index (χ0) is 14.5. The molecule has 0 saturated carbocycles. The van der Waals surface area contributed by atoms with Gasteiger partial charge < -0.3 is 15.1 Å². The van der Waals surface area contributed by atoms with E-state index in [1.165, 1.54) is 0 Å². The van der Waals surface area contributed by atoms with Gasteiger partial charge in [0.1, 0.15) is 0 Å². The van der Waals surface area contributed by atoms with Gasteiger partial charge in [0.05, 0.1) is 6.54 Å². The van der Waals surface area contributed by atoms with Gasteiger partial charge in [0.2, 0.25) is 11.9 Å². The molecule has 0 bridgehead atoms. The third-order valence-corrected chi connectivity index (χ3v) is 3.31. The Hall–Kier alpha value is -1.69. The molecule has 1 fully saturated rings. The third kappa shape index (κ3) is 3.90. The van der Waals surface area contributed by atoms with Gasteiger partial charge in [-0.1, -0.05) is 13.8 Å². The maximum Gasteiger partial charge on any atom is 0.242 e. The molecule has 1 aliphatic heterocycles. The summed E-state index contributed by atoms with van der Waals surface area (Å²) in [5, 5.41) is 3.36. The van der Waals surface area contributed by atoms with E-state index in [4.69, 9.17) is 0 Å². The molecule has 2 heterocycles. The van der Waals surface area contributed by atoms with Crippen LogP contribution in [0.4, 0.5) is 5.95 Å². The molecule has 6 heteroatoms. The molecule has 20 heavy (non-hydrogen) atoms. The molecule has 6 nitrogen and oxygen atoms in total. The standard InChI is InChI=1S/C14H23N5O/c1-11(2)6-15-7-12-8-16-14(17-9-12)19-5-4-18(3)13(20)10-19/h8-9,11,15H,4-7,10H2,1-3H3. The summed E-state index contributed by atoms with van der Waals surface area (Å²) in [6.07, 6.45) is 3.66. The van der Waals surface area contributed by atoms with Crippen LogP contribution in [0.2, 0.25) is 0 Å². The molecule has 0 unspecified atom stereocenters. The van der Waals surface area contributed by atoms with Gasteiger partial charge in [-0.3, -0.25) is 4.79 Å². The van der Waals surface area contributed by atoms with Crippen molar-refractivity contribution >= 4 is 11.9 Å². The van der Waals surface area contributed by atoms with Crippen molar-refractivity contribution in [2.75, 3.05) is 38.1 Å². The van der Waals surface area contributed by atoms with E-state index in [0.717, 1.165) is 31.7 Å². The van der Waals surface area contributed by atoms with Crippen LogP contribution in [0.5, 0.6) is 0 Å². The van der Waals surface area contributed by atoms with Crippen LogP contribution in [-0.4, -0.2) is 54.0 Å². The summed E-state index contributed by atoms with van der Waals surface area (Å²) < 4.78 is 0. The Labute approximate surface area is 120 Å². The first-order chi connectivity index (χ1) is 9.56. The Bertz CT molecular complexity index is 445. The second-order valence-electron chi connectivity index (χ2n) is 5.65. The summed E-state index contributed by atoms with van der Waals surface area (Å²) in [4.78, 5) is 24.1. The van der Waals surface area contributed by atoms with Crippen molar-refractivity contribution in [2.24, 2.45) is 5.92 Å². The molecule has 0 aliphatic carbocycles. The van der Waals surface area contributed by atoms with Gasteiger partial charge in [-0.15, -0.1) is 0 Å². The van der Waals surface area contributed by atoms with Gasteiger partial charge in [0.25, 0.3) is 0 Å². The van der Waals surface area contributed by atoms with E-state index in [1.54, 1.807) is 4.90 Å². The monoisotopic (exact) mass is 277 g/mol. The van der Waals surface area contributed by atoms with Gasteiger partial charge in [-0.05, 0) is 12.5 Å². The first kappa shape index (κ1) is 14.7. The molecule has 2 rings (SSSR count). The molecular weight excluding hydrogens is 254 g/mol. The second kappa shape index (κ2) is 6.65. The third-order valence-electron chi connectivity index (χ3n) is 3.31. The van der Waals surface area contributed by atoms with Gasteiger partial charge >= 0.3 is 0 Å². The first-order valence-electron chi connectivity index (χ1n) is 7.07. The summed E-state index contributed by atoms with van der Waals surface area (Å²) in [6, 6.07) is 0. The molecule has 0 atom stereocenters. The number of aromatic nitrogens is 2. The van der Waals surface area contributed by atoms with Crippen molar-refractivity contribution in [1.29, 1.82) is 0 Å². The number of anilines is 1. The molecule has 1 aliphatic rings. The SMILES string of the molecule is CC(C)CNCc1cnc(N2CCN(C)C(=O)C2)nc1.